The molecule has 0 aliphatic rings. The Hall–Kier alpha value is -0.800. The van der Waals surface area contributed by atoms with Crippen molar-refractivity contribution in [2.24, 2.45) is 5.92 Å². The van der Waals surface area contributed by atoms with Crippen LogP contribution in [0.25, 0.3) is 0 Å². The van der Waals surface area contributed by atoms with E-state index < -0.39 is 0 Å². The van der Waals surface area contributed by atoms with Crippen molar-refractivity contribution >= 4 is 0 Å². The van der Waals surface area contributed by atoms with Crippen LogP contribution in [0.3, 0.4) is 0 Å². The maximum Gasteiger partial charge on any atom is 0.0804 e. The van der Waals surface area contributed by atoms with Crippen LogP contribution in [-0.2, 0) is 11.3 Å². The number of hydrogen-bond donors (Lipinski definition) is 1. The summed E-state index contributed by atoms with van der Waals surface area (Å²) in [5.41, 5.74) is 1.01. The molecule has 1 heterocycles. The molecule has 1 aromatic heterocycles. The molecule has 98 valence electrons. The summed E-state index contributed by atoms with van der Waals surface area (Å²) in [7, 11) is 0. The lowest BCUT2D eigenvalue weighted by atomic mass is 10.1. The highest BCUT2D eigenvalue weighted by Gasteiger charge is 2.07. The minimum absolute atomic E-state index is 0.321. The second-order valence-corrected chi connectivity index (χ2v) is 4.96. The third kappa shape index (κ3) is 5.37. The topological polar surface area (TPSA) is 34.4 Å². The Morgan fingerprint density at radius 1 is 1.41 bits per heavy atom. The summed E-state index contributed by atoms with van der Waals surface area (Å²) < 4.78 is 7.61. The first-order chi connectivity index (χ1) is 8.13. The molecule has 0 aromatic carbocycles. The van der Waals surface area contributed by atoms with Crippen molar-refractivity contribution in [3.05, 3.63) is 24.0 Å². The summed E-state index contributed by atoms with van der Waals surface area (Å²) in [6, 6.07) is 1.99. The smallest absolute Gasteiger partial charge is 0.0804 e. The quantitative estimate of drug-likeness (QED) is 0.708. The van der Waals surface area contributed by atoms with Crippen molar-refractivity contribution in [3.8, 4) is 0 Å². The number of nitrogens with zero attached hydrogens (tertiary/aromatic N) is 1. The van der Waals surface area contributed by atoms with E-state index in [0.29, 0.717) is 5.92 Å². The molecule has 3 heteroatoms. The third-order valence-electron chi connectivity index (χ3n) is 2.67. The van der Waals surface area contributed by atoms with Crippen LogP contribution >= 0.6 is 0 Å². The number of ether oxygens (including phenoxy) is 1. The first kappa shape index (κ1) is 14.3. The third-order valence-corrected chi connectivity index (χ3v) is 2.67. The highest BCUT2D eigenvalue weighted by molar-refractivity contribution is 5.13. The molecule has 1 atom stereocenters. The van der Waals surface area contributed by atoms with Crippen molar-refractivity contribution in [3.63, 3.8) is 0 Å². The minimum Gasteiger partial charge on any atom is -0.388 e. The fourth-order valence-corrected chi connectivity index (χ4v) is 1.72. The van der Waals surface area contributed by atoms with E-state index in [1.54, 1.807) is 0 Å². The summed E-state index contributed by atoms with van der Waals surface area (Å²) in [6.45, 7) is 8.78. The summed E-state index contributed by atoms with van der Waals surface area (Å²) >= 11 is 0. The van der Waals surface area contributed by atoms with Gasteiger partial charge in [0, 0.05) is 25.5 Å². The monoisotopic (exact) mass is 239 g/mol. The molecule has 0 radical (unpaired) electrons. The Kier molecular flexibility index (Phi) is 6.30. The molecule has 17 heavy (non-hydrogen) atoms. The fraction of sp³-hybridized carbons (Fsp3) is 0.714. The van der Waals surface area contributed by atoms with Crippen molar-refractivity contribution in [1.82, 2.24) is 4.57 Å². The Morgan fingerprint density at radius 2 is 2.18 bits per heavy atom. The van der Waals surface area contributed by atoms with E-state index >= 15 is 0 Å². The maximum atomic E-state index is 9.83. The maximum absolute atomic E-state index is 9.83. The number of aromatic nitrogens is 1. The molecule has 0 aliphatic heterocycles. The largest absolute Gasteiger partial charge is 0.388 e. The second kappa shape index (κ2) is 7.51. The molecule has 1 aromatic rings. The van der Waals surface area contributed by atoms with Gasteiger partial charge in [-0.3, -0.25) is 0 Å². The van der Waals surface area contributed by atoms with Crippen LogP contribution in [-0.4, -0.2) is 22.9 Å². The van der Waals surface area contributed by atoms with Gasteiger partial charge in [-0.15, -0.1) is 0 Å². The molecule has 0 amide bonds. The normalized spacial score (nSPS) is 13.2. The number of aliphatic hydroxyl groups excluding tert-OH is 1. The van der Waals surface area contributed by atoms with E-state index in [2.05, 4.69) is 25.3 Å². The highest BCUT2D eigenvalue weighted by Crippen LogP contribution is 2.18. The first-order valence-electron chi connectivity index (χ1n) is 6.55. The average Bonchev–Trinajstić information content (AvgIpc) is 2.73. The van der Waals surface area contributed by atoms with Crippen molar-refractivity contribution in [2.75, 3.05) is 13.2 Å². The van der Waals surface area contributed by atoms with Gasteiger partial charge in [0.25, 0.3) is 0 Å². The van der Waals surface area contributed by atoms with Crippen molar-refractivity contribution in [1.29, 1.82) is 0 Å². The lowest BCUT2D eigenvalue weighted by Gasteiger charge is -2.08. The lowest BCUT2D eigenvalue weighted by molar-refractivity contribution is 0.103. The molecule has 3 nitrogen and oxygen atoms in total. The van der Waals surface area contributed by atoms with Gasteiger partial charge in [-0.1, -0.05) is 27.2 Å². The van der Waals surface area contributed by atoms with E-state index in [4.69, 9.17) is 4.74 Å². The average molecular weight is 239 g/mol. The van der Waals surface area contributed by atoms with Gasteiger partial charge in [-0.25, -0.2) is 0 Å². The molecule has 1 rings (SSSR count). The molecule has 1 unspecified atom stereocenters. The fourth-order valence-electron chi connectivity index (χ4n) is 1.72. The molecular weight excluding hydrogens is 214 g/mol. The van der Waals surface area contributed by atoms with Gasteiger partial charge in [0.15, 0.2) is 0 Å². The van der Waals surface area contributed by atoms with Gasteiger partial charge in [0.05, 0.1) is 12.7 Å². The van der Waals surface area contributed by atoms with E-state index in [-0.39, 0.29) is 6.10 Å². The number of hydrogen-bond acceptors (Lipinski definition) is 2. The van der Waals surface area contributed by atoms with Gasteiger partial charge in [0.1, 0.15) is 0 Å². The summed E-state index contributed by atoms with van der Waals surface area (Å²) in [4.78, 5) is 0. The Bertz CT molecular complexity index is 307. The summed E-state index contributed by atoms with van der Waals surface area (Å²) in [5.74, 6) is 0.585. The van der Waals surface area contributed by atoms with Crippen molar-refractivity contribution < 1.29 is 9.84 Å². The lowest BCUT2D eigenvalue weighted by Crippen LogP contribution is -2.08. The van der Waals surface area contributed by atoms with E-state index in [1.165, 1.54) is 0 Å². The Morgan fingerprint density at radius 3 is 2.82 bits per heavy atom. The molecular formula is C14H25NO2. The zero-order valence-corrected chi connectivity index (χ0v) is 11.2. The van der Waals surface area contributed by atoms with Crippen LogP contribution in [0.1, 0.15) is 45.3 Å². The minimum atomic E-state index is -0.321. The zero-order chi connectivity index (χ0) is 12.7. The summed E-state index contributed by atoms with van der Waals surface area (Å²) in [6.07, 6.45) is 5.53. The van der Waals surface area contributed by atoms with Gasteiger partial charge < -0.3 is 14.4 Å². The Labute approximate surface area is 104 Å². The second-order valence-electron chi connectivity index (χ2n) is 4.96. The van der Waals surface area contributed by atoms with Gasteiger partial charge in [0.2, 0.25) is 0 Å². The standard InChI is InChI=1S/C14H25NO2/c1-4-5-14(16)13-6-7-15(10-13)8-9-17-11-12(2)3/h6-7,10,12,14,16H,4-5,8-9,11H2,1-3H3. The van der Waals surface area contributed by atoms with E-state index in [1.807, 2.05) is 18.5 Å². The molecule has 1 N–H and O–H groups in total. The van der Waals surface area contributed by atoms with Crippen LogP contribution in [0.15, 0.2) is 18.5 Å². The highest BCUT2D eigenvalue weighted by atomic mass is 16.5. The molecule has 0 fully saturated rings. The van der Waals surface area contributed by atoms with Crippen LogP contribution in [0.2, 0.25) is 0 Å². The number of aliphatic hydroxyl groups is 1. The van der Waals surface area contributed by atoms with E-state index in [0.717, 1.165) is 38.2 Å². The molecule has 0 bridgehead atoms. The zero-order valence-electron chi connectivity index (χ0n) is 11.2. The predicted octanol–water partition coefficient (Wildman–Crippen LogP) is 2.99. The number of rotatable bonds is 8. The molecule has 0 saturated heterocycles. The molecule has 0 spiro atoms. The van der Waals surface area contributed by atoms with Gasteiger partial charge in [-0.05, 0) is 24.0 Å². The first-order valence-corrected chi connectivity index (χ1v) is 6.55. The van der Waals surface area contributed by atoms with Crippen LogP contribution in [0.5, 0.6) is 0 Å². The SMILES string of the molecule is CCCC(O)c1ccn(CCOCC(C)C)c1. The van der Waals surface area contributed by atoms with Crippen molar-refractivity contribution in [2.45, 2.75) is 46.3 Å². The van der Waals surface area contributed by atoms with Gasteiger partial charge >= 0.3 is 0 Å². The Balaban J connectivity index is 2.30. The molecule has 0 aliphatic carbocycles. The van der Waals surface area contributed by atoms with E-state index in [9.17, 15) is 5.11 Å². The van der Waals surface area contributed by atoms with Crippen LogP contribution in [0, 0.1) is 5.92 Å². The summed E-state index contributed by atoms with van der Waals surface area (Å²) in [5, 5.41) is 9.83. The van der Waals surface area contributed by atoms with Crippen LogP contribution < -0.4 is 0 Å². The molecule has 0 saturated carbocycles. The van der Waals surface area contributed by atoms with Gasteiger partial charge in [-0.2, -0.15) is 0 Å². The van der Waals surface area contributed by atoms with Crippen LogP contribution in [0.4, 0.5) is 0 Å². The predicted molar refractivity (Wildman–Crippen MR) is 70.0 cm³/mol.